The summed E-state index contributed by atoms with van der Waals surface area (Å²) in [6, 6.07) is 10.1. The minimum absolute atomic E-state index is 0.0956. The molecule has 1 aromatic carbocycles. The molecule has 2 rings (SSSR count). The zero-order valence-electron chi connectivity index (χ0n) is 11.5. The van der Waals surface area contributed by atoms with Crippen LogP contribution in [0.4, 0.5) is 5.69 Å². The van der Waals surface area contributed by atoms with Gasteiger partial charge in [0.2, 0.25) is 5.91 Å². The first-order chi connectivity index (χ1) is 9.25. The van der Waals surface area contributed by atoms with Crippen molar-refractivity contribution in [2.24, 2.45) is 0 Å². The summed E-state index contributed by atoms with van der Waals surface area (Å²) in [6.07, 6.45) is 2.90. The van der Waals surface area contributed by atoms with E-state index in [0.29, 0.717) is 13.0 Å². The molecule has 1 amide bonds. The standard InChI is InChI=1S/C15H22N2O2/c1-17(13-6-3-2-4-7-13)10-9-15(18)16-12-14-8-5-11-19-14/h2-4,6-7,14H,5,8-12H2,1H3,(H,16,18). The Morgan fingerprint density at radius 2 is 2.21 bits per heavy atom. The number of ether oxygens (including phenoxy) is 1. The molecule has 0 radical (unpaired) electrons. The number of benzene rings is 1. The first-order valence-corrected chi connectivity index (χ1v) is 6.90. The van der Waals surface area contributed by atoms with Crippen LogP contribution in [0.5, 0.6) is 0 Å². The molecule has 1 aromatic rings. The number of hydrogen-bond acceptors (Lipinski definition) is 3. The van der Waals surface area contributed by atoms with Gasteiger partial charge in [0.25, 0.3) is 0 Å². The highest BCUT2D eigenvalue weighted by atomic mass is 16.5. The van der Waals surface area contributed by atoms with E-state index in [0.717, 1.165) is 31.7 Å². The largest absolute Gasteiger partial charge is 0.376 e. The van der Waals surface area contributed by atoms with E-state index in [1.165, 1.54) is 0 Å². The minimum atomic E-state index is 0.0956. The summed E-state index contributed by atoms with van der Waals surface area (Å²) in [5.41, 5.74) is 1.13. The Balaban J connectivity index is 1.65. The Morgan fingerprint density at radius 1 is 1.42 bits per heavy atom. The van der Waals surface area contributed by atoms with Gasteiger partial charge in [0.15, 0.2) is 0 Å². The molecule has 1 N–H and O–H groups in total. The maximum atomic E-state index is 11.7. The fourth-order valence-electron chi connectivity index (χ4n) is 2.20. The zero-order chi connectivity index (χ0) is 13.5. The van der Waals surface area contributed by atoms with Crippen LogP contribution in [0.2, 0.25) is 0 Å². The third kappa shape index (κ3) is 4.56. The molecule has 4 nitrogen and oxygen atoms in total. The van der Waals surface area contributed by atoms with E-state index in [1.54, 1.807) is 0 Å². The first kappa shape index (κ1) is 13.9. The molecular weight excluding hydrogens is 240 g/mol. The third-order valence-electron chi connectivity index (χ3n) is 3.42. The quantitative estimate of drug-likeness (QED) is 0.850. The van der Waals surface area contributed by atoms with Gasteiger partial charge in [0.1, 0.15) is 0 Å². The number of anilines is 1. The van der Waals surface area contributed by atoms with Crippen molar-refractivity contribution in [1.82, 2.24) is 5.32 Å². The van der Waals surface area contributed by atoms with Crippen LogP contribution in [0.3, 0.4) is 0 Å². The van der Waals surface area contributed by atoms with Crippen LogP contribution >= 0.6 is 0 Å². The fraction of sp³-hybridized carbons (Fsp3) is 0.533. The Labute approximate surface area is 114 Å². The third-order valence-corrected chi connectivity index (χ3v) is 3.42. The van der Waals surface area contributed by atoms with Crippen molar-refractivity contribution in [1.29, 1.82) is 0 Å². The topological polar surface area (TPSA) is 41.6 Å². The highest BCUT2D eigenvalue weighted by molar-refractivity contribution is 5.76. The average Bonchev–Trinajstić information content (AvgIpc) is 2.96. The molecule has 19 heavy (non-hydrogen) atoms. The summed E-state index contributed by atoms with van der Waals surface area (Å²) < 4.78 is 5.47. The van der Waals surface area contributed by atoms with Crippen LogP contribution in [-0.4, -0.2) is 38.8 Å². The van der Waals surface area contributed by atoms with Crippen LogP contribution in [-0.2, 0) is 9.53 Å². The van der Waals surface area contributed by atoms with Crippen molar-refractivity contribution in [2.45, 2.75) is 25.4 Å². The van der Waals surface area contributed by atoms with Crippen molar-refractivity contribution in [3.63, 3.8) is 0 Å². The lowest BCUT2D eigenvalue weighted by molar-refractivity contribution is -0.121. The van der Waals surface area contributed by atoms with E-state index in [-0.39, 0.29) is 12.0 Å². The van der Waals surface area contributed by atoms with Crippen LogP contribution in [0.15, 0.2) is 30.3 Å². The van der Waals surface area contributed by atoms with Crippen molar-refractivity contribution in [3.05, 3.63) is 30.3 Å². The molecule has 1 heterocycles. The van der Waals surface area contributed by atoms with Crippen LogP contribution < -0.4 is 10.2 Å². The fourth-order valence-corrected chi connectivity index (χ4v) is 2.20. The predicted molar refractivity (Wildman–Crippen MR) is 76.3 cm³/mol. The van der Waals surface area contributed by atoms with Gasteiger partial charge in [-0.3, -0.25) is 4.79 Å². The molecule has 1 saturated heterocycles. The summed E-state index contributed by atoms with van der Waals surface area (Å²) in [4.78, 5) is 13.8. The van der Waals surface area contributed by atoms with Gasteiger partial charge in [-0.1, -0.05) is 18.2 Å². The number of carbonyl (C=O) groups is 1. The first-order valence-electron chi connectivity index (χ1n) is 6.90. The normalized spacial score (nSPS) is 18.3. The van der Waals surface area contributed by atoms with Gasteiger partial charge in [0.05, 0.1) is 6.10 Å². The lowest BCUT2D eigenvalue weighted by atomic mass is 10.2. The molecule has 4 heteroatoms. The number of para-hydroxylation sites is 1. The lowest BCUT2D eigenvalue weighted by Crippen LogP contribution is -2.34. The molecular formula is C15H22N2O2. The van der Waals surface area contributed by atoms with Gasteiger partial charge in [-0.2, -0.15) is 0 Å². The van der Waals surface area contributed by atoms with Crippen LogP contribution in [0.25, 0.3) is 0 Å². The van der Waals surface area contributed by atoms with Crippen molar-refractivity contribution >= 4 is 11.6 Å². The second kappa shape index (κ2) is 7.14. The van der Waals surface area contributed by atoms with E-state index in [9.17, 15) is 4.79 Å². The van der Waals surface area contributed by atoms with Crippen LogP contribution in [0, 0.1) is 0 Å². The SMILES string of the molecule is CN(CCC(=O)NCC1CCCO1)c1ccccc1. The molecule has 0 spiro atoms. The summed E-state index contributed by atoms with van der Waals surface area (Å²) >= 11 is 0. The van der Waals surface area contributed by atoms with Crippen molar-refractivity contribution < 1.29 is 9.53 Å². The minimum Gasteiger partial charge on any atom is -0.376 e. The second-order valence-electron chi connectivity index (χ2n) is 4.95. The molecule has 0 bridgehead atoms. The Morgan fingerprint density at radius 3 is 2.89 bits per heavy atom. The number of carbonyl (C=O) groups excluding carboxylic acids is 1. The molecule has 1 atom stereocenters. The molecule has 0 aromatic heterocycles. The zero-order valence-corrected chi connectivity index (χ0v) is 11.5. The average molecular weight is 262 g/mol. The van der Waals surface area contributed by atoms with E-state index < -0.39 is 0 Å². The van der Waals surface area contributed by atoms with Gasteiger partial charge in [-0.05, 0) is 25.0 Å². The predicted octanol–water partition coefficient (Wildman–Crippen LogP) is 1.81. The number of nitrogens with one attached hydrogen (secondary N) is 1. The Hall–Kier alpha value is -1.55. The summed E-state index contributed by atoms with van der Waals surface area (Å²) in [5, 5.41) is 2.94. The van der Waals surface area contributed by atoms with Crippen LogP contribution in [0.1, 0.15) is 19.3 Å². The van der Waals surface area contributed by atoms with Gasteiger partial charge in [-0.15, -0.1) is 0 Å². The number of amides is 1. The number of nitrogens with zero attached hydrogens (tertiary/aromatic N) is 1. The molecule has 1 aliphatic heterocycles. The van der Waals surface area contributed by atoms with E-state index in [2.05, 4.69) is 10.2 Å². The van der Waals surface area contributed by atoms with Crippen molar-refractivity contribution in [3.8, 4) is 0 Å². The van der Waals surface area contributed by atoms with Gasteiger partial charge in [-0.25, -0.2) is 0 Å². The second-order valence-corrected chi connectivity index (χ2v) is 4.95. The molecule has 104 valence electrons. The molecule has 1 fully saturated rings. The lowest BCUT2D eigenvalue weighted by Gasteiger charge is -2.19. The van der Waals surface area contributed by atoms with Gasteiger partial charge >= 0.3 is 0 Å². The van der Waals surface area contributed by atoms with E-state index in [4.69, 9.17) is 4.74 Å². The number of rotatable bonds is 6. The highest BCUT2D eigenvalue weighted by Gasteiger charge is 2.16. The summed E-state index contributed by atoms with van der Waals surface area (Å²) in [5.74, 6) is 0.0956. The monoisotopic (exact) mass is 262 g/mol. The van der Waals surface area contributed by atoms with Gasteiger partial charge in [0, 0.05) is 38.9 Å². The Bertz CT molecular complexity index is 388. The summed E-state index contributed by atoms with van der Waals surface area (Å²) in [7, 11) is 2.00. The molecule has 1 aliphatic rings. The highest BCUT2D eigenvalue weighted by Crippen LogP contribution is 2.12. The van der Waals surface area contributed by atoms with Crippen molar-refractivity contribution in [2.75, 3.05) is 31.6 Å². The number of hydrogen-bond donors (Lipinski definition) is 1. The maximum Gasteiger partial charge on any atom is 0.221 e. The molecule has 1 unspecified atom stereocenters. The molecule has 0 saturated carbocycles. The Kier molecular flexibility index (Phi) is 5.21. The smallest absolute Gasteiger partial charge is 0.221 e. The van der Waals surface area contributed by atoms with Gasteiger partial charge < -0.3 is 15.0 Å². The van der Waals surface area contributed by atoms with E-state index >= 15 is 0 Å². The summed E-state index contributed by atoms with van der Waals surface area (Å²) in [6.45, 7) is 2.20. The van der Waals surface area contributed by atoms with E-state index in [1.807, 2.05) is 37.4 Å². The maximum absolute atomic E-state index is 11.7. The molecule has 0 aliphatic carbocycles.